The Balaban J connectivity index is 1.32. The van der Waals surface area contributed by atoms with E-state index in [4.69, 9.17) is 9.47 Å². The van der Waals surface area contributed by atoms with Crippen LogP contribution in [0.5, 0.6) is 11.5 Å². The van der Waals surface area contributed by atoms with E-state index in [1.165, 1.54) is 29.8 Å². The van der Waals surface area contributed by atoms with Crippen molar-refractivity contribution in [3.63, 3.8) is 0 Å². The lowest BCUT2D eigenvalue weighted by atomic mass is 9.88. The highest BCUT2D eigenvalue weighted by Gasteiger charge is 2.21. The van der Waals surface area contributed by atoms with Crippen molar-refractivity contribution in [3.05, 3.63) is 83.9 Å². The van der Waals surface area contributed by atoms with Gasteiger partial charge in [0.15, 0.2) is 6.61 Å². The van der Waals surface area contributed by atoms with Crippen LogP contribution in [0.4, 0.5) is 5.69 Å². The molecule has 0 radical (unpaired) electrons. The number of aryl methyl sites for hydroxylation is 1. The maximum absolute atomic E-state index is 12.6. The summed E-state index contributed by atoms with van der Waals surface area (Å²) in [5, 5.41) is 3.04. The molecular weight excluding hydrogens is 440 g/mol. The predicted molar refractivity (Wildman–Crippen MR) is 126 cm³/mol. The lowest BCUT2D eigenvalue weighted by Crippen LogP contribution is -2.34. The van der Waals surface area contributed by atoms with Gasteiger partial charge in [0.25, 0.3) is 15.9 Å². The van der Waals surface area contributed by atoms with Crippen molar-refractivity contribution in [1.82, 2.24) is 5.32 Å². The normalized spacial score (nSPS) is 15.2. The lowest BCUT2D eigenvalue weighted by molar-refractivity contribution is -0.124. The summed E-state index contributed by atoms with van der Waals surface area (Å²) in [6.45, 7) is -0.144. The highest BCUT2D eigenvalue weighted by molar-refractivity contribution is 7.92. The summed E-state index contributed by atoms with van der Waals surface area (Å²) in [5.41, 5.74) is 2.86. The first-order valence-corrected chi connectivity index (χ1v) is 12.2. The number of nitrogens with one attached hydrogen (secondary N) is 2. The van der Waals surface area contributed by atoms with E-state index in [0.717, 1.165) is 24.8 Å². The van der Waals surface area contributed by atoms with Gasteiger partial charge in [-0.3, -0.25) is 9.52 Å². The molecule has 0 bridgehead atoms. The Morgan fingerprint density at radius 3 is 2.39 bits per heavy atom. The fourth-order valence-electron chi connectivity index (χ4n) is 3.88. The maximum Gasteiger partial charge on any atom is 0.261 e. The summed E-state index contributed by atoms with van der Waals surface area (Å²) in [6.07, 6.45) is 2.96. The predicted octanol–water partition coefficient (Wildman–Crippen LogP) is 4.07. The van der Waals surface area contributed by atoms with Gasteiger partial charge in [-0.05, 0) is 78.9 Å². The van der Waals surface area contributed by atoms with E-state index < -0.39 is 10.0 Å². The van der Waals surface area contributed by atoms with Gasteiger partial charge in [-0.2, -0.15) is 0 Å². The van der Waals surface area contributed by atoms with Gasteiger partial charge >= 0.3 is 0 Å². The molecule has 1 unspecified atom stereocenters. The Labute approximate surface area is 193 Å². The summed E-state index contributed by atoms with van der Waals surface area (Å²) in [4.78, 5) is 12.5. The molecule has 3 aromatic rings. The smallest absolute Gasteiger partial charge is 0.261 e. The molecule has 33 heavy (non-hydrogen) atoms. The first kappa shape index (κ1) is 22.7. The van der Waals surface area contributed by atoms with Crippen LogP contribution in [0, 0.1) is 0 Å². The van der Waals surface area contributed by atoms with Crippen LogP contribution in [0.1, 0.15) is 30.0 Å². The summed E-state index contributed by atoms with van der Waals surface area (Å²) in [7, 11) is -2.21. The van der Waals surface area contributed by atoms with Gasteiger partial charge in [0.1, 0.15) is 11.5 Å². The Bertz CT molecular complexity index is 1210. The lowest BCUT2D eigenvalue weighted by Gasteiger charge is -2.26. The van der Waals surface area contributed by atoms with Crippen molar-refractivity contribution in [2.24, 2.45) is 0 Å². The monoisotopic (exact) mass is 466 g/mol. The van der Waals surface area contributed by atoms with E-state index in [0.29, 0.717) is 17.2 Å². The molecule has 0 fully saturated rings. The molecule has 1 amide bonds. The van der Waals surface area contributed by atoms with Crippen molar-refractivity contribution < 1.29 is 22.7 Å². The minimum absolute atomic E-state index is 0.0115. The number of carbonyl (C=O) groups is 1. The highest BCUT2D eigenvalue weighted by Crippen LogP contribution is 2.29. The zero-order valence-electron chi connectivity index (χ0n) is 18.3. The minimum atomic E-state index is -3.75. The molecule has 1 aliphatic carbocycles. The Kier molecular flexibility index (Phi) is 6.84. The average molecular weight is 467 g/mol. The van der Waals surface area contributed by atoms with Crippen molar-refractivity contribution in [3.8, 4) is 11.5 Å². The van der Waals surface area contributed by atoms with Crippen LogP contribution in [0.25, 0.3) is 0 Å². The van der Waals surface area contributed by atoms with E-state index in [2.05, 4.69) is 22.2 Å². The van der Waals surface area contributed by atoms with Crippen LogP contribution in [0.3, 0.4) is 0 Å². The van der Waals surface area contributed by atoms with Crippen LogP contribution in [-0.4, -0.2) is 28.0 Å². The topological polar surface area (TPSA) is 93.7 Å². The standard InChI is InChI=1S/C25H26N2O5S/c1-31-20-11-9-19(10-12-20)27-33(29,30)22-15-13-21(14-16-22)32-17-25(28)26-24-8-4-6-18-5-2-3-7-23(18)24/h2-3,5,7,9-16,24,27H,4,6,8,17H2,1H3,(H,26,28). The zero-order valence-corrected chi connectivity index (χ0v) is 19.1. The van der Waals surface area contributed by atoms with E-state index in [1.54, 1.807) is 31.4 Å². The molecule has 2 N–H and O–H groups in total. The number of hydrogen-bond donors (Lipinski definition) is 2. The van der Waals surface area contributed by atoms with Crippen LogP contribution in [0.15, 0.2) is 77.7 Å². The van der Waals surface area contributed by atoms with Gasteiger partial charge < -0.3 is 14.8 Å². The minimum Gasteiger partial charge on any atom is -0.497 e. The molecule has 172 valence electrons. The molecule has 4 rings (SSSR count). The third-order valence-corrected chi connectivity index (χ3v) is 6.95. The highest BCUT2D eigenvalue weighted by atomic mass is 32.2. The fourth-order valence-corrected chi connectivity index (χ4v) is 4.94. The van der Waals surface area contributed by atoms with Gasteiger partial charge in [0, 0.05) is 5.69 Å². The number of benzene rings is 3. The molecule has 0 saturated heterocycles. The SMILES string of the molecule is COc1ccc(NS(=O)(=O)c2ccc(OCC(=O)NC3CCCc4ccccc43)cc2)cc1. The number of methoxy groups -OCH3 is 1. The number of rotatable bonds is 8. The second-order valence-electron chi connectivity index (χ2n) is 7.81. The number of fused-ring (bicyclic) bond motifs is 1. The van der Waals surface area contributed by atoms with Crippen molar-refractivity contribution in [2.45, 2.75) is 30.2 Å². The molecule has 0 spiro atoms. The molecule has 0 saturated carbocycles. The van der Waals surface area contributed by atoms with Gasteiger partial charge in [-0.15, -0.1) is 0 Å². The Morgan fingerprint density at radius 1 is 0.970 bits per heavy atom. The largest absolute Gasteiger partial charge is 0.497 e. The van der Waals surface area contributed by atoms with Gasteiger partial charge in [-0.1, -0.05) is 24.3 Å². The number of hydrogen-bond acceptors (Lipinski definition) is 5. The molecule has 0 heterocycles. The molecule has 3 aromatic carbocycles. The van der Waals surface area contributed by atoms with Crippen molar-refractivity contribution in [2.75, 3.05) is 18.4 Å². The summed E-state index contributed by atoms with van der Waals surface area (Å²) >= 11 is 0. The fraction of sp³-hybridized carbons (Fsp3) is 0.240. The molecular formula is C25H26N2O5S. The van der Waals surface area contributed by atoms with Crippen molar-refractivity contribution >= 4 is 21.6 Å². The molecule has 1 atom stereocenters. The second kappa shape index (κ2) is 9.95. The third-order valence-electron chi connectivity index (χ3n) is 5.55. The van der Waals surface area contributed by atoms with Crippen LogP contribution in [-0.2, 0) is 21.2 Å². The number of amides is 1. The average Bonchev–Trinajstić information content (AvgIpc) is 2.83. The Morgan fingerprint density at radius 2 is 1.67 bits per heavy atom. The van der Waals surface area contributed by atoms with E-state index in [-0.39, 0.29) is 23.5 Å². The Hall–Kier alpha value is -3.52. The van der Waals surface area contributed by atoms with E-state index >= 15 is 0 Å². The van der Waals surface area contributed by atoms with Crippen LogP contribution < -0.4 is 19.5 Å². The van der Waals surface area contributed by atoms with Gasteiger partial charge in [0.2, 0.25) is 0 Å². The number of anilines is 1. The molecule has 0 aliphatic heterocycles. The van der Waals surface area contributed by atoms with Crippen molar-refractivity contribution in [1.29, 1.82) is 0 Å². The number of ether oxygens (including phenoxy) is 2. The number of sulfonamides is 1. The van der Waals surface area contributed by atoms with Crippen LogP contribution in [0.2, 0.25) is 0 Å². The molecule has 0 aromatic heterocycles. The summed E-state index contributed by atoms with van der Waals surface area (Å²) < 4.78 is 38.4. The van der Waals surface area contributed by atoms with E-state index in [1.807, 2.05) is 12.1 Å². The zero-order chi connectivity index (χ0) is 23.3. The molecule has 8 heteroatoms. The molecule has 1 aliphatic rings. The first-order chi connectivity index (χ1) is 15.9. The summed E-state index contributed by atoms with van der Waals surface area (Å²) in [6, 6.07) is 20.7. The summed E-state index contributed by atoms with van der Waals surface area (Å²) in [5.74, 6) is 0.836. The second-order valence-corrected chi connectivity index (χ2v) is 9.49. The van der Waals surface area contributed by atoms with Gasteiger partial charge in [-0.25, -0.2) is 8.42 Å². The van der Waals surface area contributed by atoms with E-state index in [9.17, 15) is 13.2 Å². The number of carbonyl (C=O) groups excluding carboxylic acids is 1. The van der Waals surface area contributed by atoms with Crippen LogP contribution >= 0.6 is 0 Å². The third kappa shape index (κ3) is 5.64. The molecule has 7 nitrogen and oxygen atoms in total. The first-order valence-electron chi connectivity index (χ1n) is 10.7. The van der Waals surface area contributed by atoms with Gasteiger partial charge in [0.05, 0.1) is 18.0 Å². The maximum atomic E-state index is 12.6. The quantitative estimate of drug-likeness (QED) is 0.522.